The third-order valence-corrected chi connectivity index (χ3v) is 3.05. The van der Waals surface area contributed by atoms with Crippen LogP contribution in [0.25, 0.3) is 0 Å². The molecule has 6 nitrogen and oxygen atoms in total. The highest BCUT2D eigenvalue weighted by Crippen LogP contribution is 2.29. The lowest BCUT2D eigenvalue weighted by Crippen LogP contribution is -2.53. The summed E-state index contributed by atoms with van der Waals surface area (Å²) >= 11 is 0. The Morgan fingerprint density at radius 3 is 2.19 bits per heavy atom. The first-order chi connectivity index (χ1) is 9.57. The third-order valence-electron chi connectivity index (χ3n) is 3.05. The number of ether oxygens (including phenoxy) is 1. The predicted octanol–water partition coefficient (Wildman–Crippen LogP) is 1.92. The van der Waals surface area contributed by atoms with Gasteiger partial charge in [-0.05, 0) is 44.5 Å². The predicted molar refractivity (Wildman–Crippen MR) is 76.9 cm³/mol. The van der Waals surface area contributed by atoms with Gasteiger partial charge in [0, 0.05) is 19.5 Å². The minimum Gasteiger partial charge on any atom is -0.508 e. The molecule has 0 aliphatic rings. The van der Waals surface area contributed by atoms with Gasteiger partial charge in [-0.1, -0.05) is 0 Å². The highest BCUT2D eigenvalue weighted by molar-refractivity contribution is 6.02. The van der Waals surface area contributed by atoms with Crippen LogP contribution in [0, 0.1) is 6.92 Å². The molecule has 6 heteroatoms. The fraction of sp³-hybridized carbons (Fsp3) is 0.400. The molecule has 0 unspecified atom stereocenters. The van der Waals surface area contributed by atoms with Crippen molar-refractivity contribution in [1.29, 1.82) is 0 Å². The van der Waals surface area contributed by atoms with Crippen LogP contribution in [0.2, 0.25) is 0 Å². The Kier molecular flexibility index (Phi) is 4.73. The summed E-state index contributed by atoms with van der Waals surface area (Å²) in [5.41, 5.74) is -0.362. The number of benzene rings is 1. The van der Waals surface area contributed by atoms with Crippen molar-refractivity contribution >= 4 is 23.5 Å². The van der Waals surface area contributed by atoms with E-state index < -0.39 is 17.5 Å². The first-order valence-corrected chi connectivity index (χ1v) is 6.40. The van der Waals surface area contributed by atoms with Crippen LogP contribution in [0.3, 0.4) is 0 Å². The average Bonchev–Trinajstić information content (AvgIpc) is 2.32. The minimum atomic E-state index is -1.36. The number of phenols is 1. The number of carbonyl (C=O) groups excluding carboxylic acids is 3. The van der Waals surface area contributed by atoms with Crippen LogP contribution < -0.4 is 4.90 Å². The number of rotatable bonds is 3. The smallest absolute Gasteiger partial charge is 0.339 e. The molecular formula is C15H19NO5. The van der Waals surface area contributed by atoms with Crippen molar-refractivity contribution in [3.63, 3.8) is 0 Å². The molecule has 0 aromatic heterocycles. The zero-order valence-corrected chi connectivity index (χ0v) is 12.8. The number of carbonyl (C=O) groups is 3. The number of aryl methyl sites for hydroxylation is 1. The number of hydrogen-bond acceptors (Lipinski definition) is 5. The second-order valence-corrected chi connectivity index (χ2v) is 5.27. The Morgan fingerprint density at radius 1 is 1.19 bits per heavy atom. The van der Waals surface area contributed by atoms with Crippen molar-refractivity contribution in [2.24, 2.45) is 0 Å². The van der Waals surface area contributed by atoms with Gasteiger partial charge in [0.1, 0.15) is 11.3 Å². The van der Waals surface area contributed by atoms with E-state index in [-0.39, 0.29) is 11.7 Å². The maximum atomic E-state index is 12.1. The average molecular weight is 293 g/mol. The van der Waals surface area contributed by atoms with E-state index in [1.165, 1.54) is 37.8 Å². The van der Waals surface area contributed by atoms with E-state index in [0.717, 1.165) is 6.92 Å². The van der Waals surface area contributed by atoms with Gasteiger partial charge < -0.3 is 9.84 Å². The van der Waals surface area contributed by atoms with Crippen LogP contribution in [0.1, 0.15) is 33.3 Å². The number of esters is 2. The Bertz CT molecular complexity index is 592. The summed E-state index contributed by atoms with van der Waals surface area (Å²) in [6.45, 7) is 7.09. The molecule has 21 heavy (non-hydrogen) atoms. The van der Waals surface area contributed by atoms with E-state index in [2.05, 4.69) is 4.74 Å². The van der Waals surface area contributed by atoms with Crippen molar-refractivity contribution in [3.05, 3.63) is 23.8 Å². The van der Waals surface area contributed by atoms with E-state index in [9.17, 15) is 19.5 Å². The van der Waals surface area contributed by atoms with Gasteiger partial charge in [0.05, 0.1) is 0 Å². The molecule has 1 aromatic carbocycles. The van der Waals surface area contributed by atoms with Crippen LogP contribution in [0.5, 0.6) is 5.75 Å². The Morgan fingerprint density at radius 2 is 1.76 bits per heavy atom. The van der Waals surface area contributed by atoms with Gasteiger partial charge in [0.25, 0.3) is 0 Å². The van der Waals surface area contributed by atoms with Crippen molar-refractivity contribution < 1.29 is 24.2 Å². The number of nitrogens with zero attached hydrogens (tertiary/aromatic N) is 1. The van der Waals surface area contributed by atoms with Crippen molar-refractivity contribution in [2.45, 2.75) is 40.2 Å². The number of anilines is 1. The van der Waals surface area contributed by atoms with Crippen LogP contribution in [0.4, 0.5) is 5.69 Å². The standard InChI is InChI=1S/C15H19NO5/c1-9-8-12(6-7-13(9)19)16(10(2)17)15(4,5)14(20)21-11(3)18/h6-8,19H,1-5H3. The molecule has 0 aliphatic heterocycles. The molecule has 114 valence electrons. The molecule has 0 bridgehead atoms. The van der Waals surface area contributed by atoms with Crippen molar-refractivity contribution in [3.8, 4) is 5.75 Å². The summed E-state index contributed by atoms with van der Waals surface area (Å²) in [6.07, 6.45) is 0. The molecule has 0 heterocycles. The lowest BCUT2D eigenvalue weighted by molar-refractivity contribution is -0.162. The molecule has 0 radical (unpaired) electrons. The fourth-order valence-electron chi connectivity index (χ4n) is 2.02. The maximum Gasteiger partial charge on any atom is 0.339 e. The molecule has 0 spiro atoms. The summed E-state index contributed by atoms with van der Waals surface area (Å²) < 4.78 is 4.60. The zero-order valence-electron chi connectivity index (χ0n) is 12.8. The fourth-order valence-corrected chi connectivity index (χ4v) is 2.02. The maximum absolute atomic E-state index is 12.1. The van der Waals surface area contributed by atoms with E-state index in [1.54, 1.807) is 13.0 Å². The molecule has 0 atom stereocenters. The summed E-state index contributed by atoms with van der Waals surface area (Å²) in [5.74, 6) is -1.86. The quantitative estimate of drug-likeness (QED) is 0.680. The summed E-state index contributed by atoms with van der Waals surface area (Å²) in [5, 5.41) is 9.56. The monoisotopic (exact) mass is 293 g/mol. The topological polar surface area (TPSA) is 83.9 Å². The van der Waals surface area contributed by atoms with Gasteiger partial charge in [-0.2, -0.15) is 0 Å². The van der Waals surface area contributed by atoms with Crippen LogP contribution in [-0.2, 0) is 19.1 Å². The van der Waals surface area contributed by atoms with Crippen LogP contribution >= 0.6 is 0 Å². The van der Waals surface area contributed by atoms with E-state index in [1.807, 2.05) is 0 Å². The second kappa shape index (κ2) is 5.95. The van der Waals surface area contributed by atoms with Gasteiger partial charge in [0.2, 0.25) is 5.91 Å². The van der Waals surface area contributed by atoms with Gasteiger partial charge in [-0.25, -0.2) is 4.79 Å². The molecule has 1 amide bonds. The normalized spacial score (nSPS) is 10.9. The SMILES string of the molecule is CC(=O)OC(=O)C(C)(C)N(C(C)=O)c1ccc(O)c(C)c1. The van der Waals surface area contributed by atoms with Gasteiger partial charge >= 0.3 is 11.9 Å². The van der Waals surface area contributed by atoms with Crippen LogP contribution in [-0.4, -0.2) is 28.5 Å². The molecule has 1 N–H and O–H groups in total. The molecule has 0 aliphatic carbocycles. The van der Waals surface area contributed by atoms with Crippen molar-refractivity contribution in [2.75, 3.05) is 4.90 Å². The Labute approximate surface area is 123 Å². The van der Waals surface area contributed by atoms with Gasteiger partial charge in [0.15, 0.2) is 0 Å². The Hall–Kier alpha value is -2.37. The molecule has 0 saturated heterocycles. The molecular weight excluding hydrogens is 274 g/mol. The number of phenolic OH excluding ortho intramolecular Hbond substituents is 1. The van der Waals surface area contributed by atoms with E-state index in [0.29, 0.717) is 11.3 Å². The first kappa shape index (κ1) is 16.7. The number of hydrogen-bond donors (Lipinski definition) is 1. The lowest BCUT2D eigenvalue weighted by atomic mass is 10.0. The minimum absolute atomic E-state index is 0.0892. The number of aromatic hydroxyl groups is 1. The lowest BCUT2D eigenvalue weighted by Gasteiger charge is -2.35. The zero-order chi connectivity index (χ0) is 16.4. The number of amides is 1. The van der Waals surface area contributed by atoms with Crippen molar-refractivity contribution in [1.82, 2.24) is 0 Å². The molecule has 1 rings (SSSR count). The summed E-state index contributed by atoms with van der Waals surface area (Å²) in [7, 11) is 0. The highest BCUT2D eigenvalue weighted by atomic mass is 16.6. The van der Waals surface area contributed by atoms with Gasteiger partial charge in [-0.15, -0.1) is 0 Å². The summed E-state index contributed by atoms with van der Waals surface area (Å²) in [6, 6.07) is 4.54. The van der Waals surface area contributed by atoms with Crippen LogP contribution in [0.15, 0.2) is 18.2 Å². The van der Waals surface area contributed by atoms with Gasteiger partial charge in [-0.3, -0.25) is 14.5 Å². The third kappa shape index (κ3) is 3.59. The van der Waals surface area contributed by atoms with E-state index >= 15 is 0 Å². The molecule has 0 saturated carbocycles. The highest BCUT2D eigenvalue weighted by Gasteiger charge is 2.40. The first-order valence-electron chi connectivity index (χ1n) is 6.40. The largest absolute Gasteiger partial charge is 0.508 e. The molecule has 1 aromatic rings. The Balaban J connectivity index is 3.28. The van der Waals surface area contributed by atoms with E-state index in [4.69, 9.17) is 0 Å². The molecule has 0 fully saturated rings. The second-order valence-electron chi connectivity index (χ2n) is 5.27. The summed E-state index contributed by atoms with van der Waals surface area (Å²) in [4.78, 5) is 36.2.